The number of rotatable bonds is 4. The molecule has 1 unspecified atom stereocenters. The first kappa shape index (κ1) is 16.9. The molecular weight excluding hydrogens is 338 g/mol. The Kier molecular flexibility index (Phi) is 4.95. The summed E-state index contributed by atoms with van der Waals surface area (Å²) in [6.07, 6.45) is 3.21. The van der Waals surface area contributed by atoms with Crippen molar-refractivity contribution in [3.05, 3.63) is 71.4 Å². The van der Waals surface area contributed by atoms with Crippen molar-refractivity contribution in [3.63, 3.8) is 0 Å². The maximum absolute atomic E-state index is 12.3. The lowest BCUT2D eigenvalue weighted by Crippen LogP contribution is -2.41. The number of carbonyl (C=O) groups is 2. The lowest BCUT2D eigenvalue weighted by atomic mass is 10.1. The third kappa shape index (κ3) is 3.95. The molecule has 0 saturated heterocycles. The Balaban J connectivity index is 1.68. The molecule has 0 fully saturated rings. The van der Waals surface area contributed by atoms with E-state index in [0.717, 1.165) is 16.5 Å². The van der Waals surface area contributed by atoms with Crippen molar-refractivity contribution in [1.29, 1.82) is 0 Å². The zero-order valence-electron chi connectivity index (χ0n) is 13.5. The summed E-state index contributed by atoms with van der Waals surface area (Å²) in [4.78, 5) is 27.5. The fourth-order valence-corrected chi connectivity index (χ4v) is 3.20. The first-order chi connectivity index (χ1) is 12.0. The summed E-state index contributed by atoms with van der Waals surface area (Å²) in [6, 6.07) is 14.2. The van der Waals surface area contributed by atoms with Crippen LogP contribution in [0.3, 0.4) is 0 Å². The second-order valence-electron chi connectivity index (χ2n) is 5.57. The predicted octanol–water partition coefficient (Wildman–Crippen LogP) is 2.12. The molecule has 2 amide bonds. The summed E-state index contributed by atoms with van der Waals surface area (Å²) >= 11 is 0. The third-order valence-electron chi connectivity index (χ3n) is 3.68. The minimum absolute atomic E-state index is 0.378. The predicted molar refractivity (Wildman–Crippen MR) is 97.4 cm³/mol. The van der Waals surface area contributed by atoms with Crippen LogP contribution in [-0.2, 0) is 16.6 Å². The van der Waals surface area contributed by atoms with Crippen molar-refractivity contribution >= 4 is 33.5 Å². The van der Waals surface area contributed by atoms with Gasteiger partial charge >= 0.3 is 0 Å². The number of nitrogens with one attached hydrogen (secondary N) is 3. The molecule has 1 aromatic heterocycles. The van der Waals surface area contributed by atoms with Gasteiger partial charge < -0.3 is 4.98 Å². The van der Waals surface area contributed by atoms with Crippen LogP contribution < -0.4 is 10.9 Å². The van der Waals surface area contributed by atoms with Gasteiger partial charge in [0.05, 0.1) is 5.56 Å². The Morgan fingerprint density at radius 3 is 2.60 bits per heavy atom. The molecule has 1 atom stereocenters. The Morgan fingerprint density at radius 2 is 1.80 bits per heavy atom. The van der Waals surface area contributed by atoms with Gasteiger partial charge in [-0.05, 0) is 23.8 Å². The smallest absolute Gasteiger partial charge is 0.271 e. The molecule has 0 saturated carbocycles. The highest BCUT2D eigenvalue weighted by molar-refractivity contribution is 7.83. The quantitative estimate of drug-likeness (QED) is 0.626. The summed E-state index contributed by atoms with van der Waals surface area (Å²) in [5.74, 6) is -0.462. The van der Waals surface area contributed by atoms with Crippen LogP contribution in [0.5, 0.6) is 0 Å². The van der Waals surface area contributed by atoms with Gasteiger partial charge in [0.1, 0.15) is 0 Å². The first-order valence-corrected chi connectivity index (χ1v) is 9.33. The van der Waals surface area contributed by atoms with Gasteiger partial charge in [0, 0.05) is 45.5 Å². The fraction of sp³-hybridized carbons (Fsp3) is 0.111. The molecule has 0 spiro atoms. The number of para-hydroxylation sites is 1. The number of benzene rings is 2. The van der Waals surface area contributed by atoms with E-state index < -0.39 is 22.6 Å². The van der Waals surface area contributed by atoms with E-state index in [0.29, 0.717) is 16.9 Å². The van der Waals surface area contributed by atoms with Crippen molar-refractivity contribution in [2.24, 2.45) is 0 Å². The summed E-state index contributed by atoms with van der Waals surface area (Å²) < 4.78 is 11.3. The topological polar surface area (TPSA) is 91.1 Å². The number of fused-ring (bicyclic) bond motifs is 1. The molecule has 7 heteroatoms. The van der Waals surface area contributed by atoms with Crippen molar-refractivity contribution < 1.29 is 13.8 Å². The minimum Gasteiger partial charge on any atom is -0.360 e. The number of amides is 2. The van der Waals surface area contributed by atoms with Crippen LogP contribution in [0.2, 0.25) is 0 Å². The van der Waals surface area contributed by atoms with Gasteiger partial charge in [0.15, 0.2) is 0 Å². The van der Waals surface area contributed by atoms with Crippen molar-refractivity contribution in [1.82, 2.24) is 15.8 Å². The number of carbonyl (C=O) groups excluding carboxylic acids is 2. The van der Waals surface area contributed by atoms with E-state index in [4.69, 9.17) is 0 Å². The van der Waals surface area contributed by atoms with Gasteiger partial charge in [0.2, 0.25) is 0 Å². The number of hydrogen-bond donors (Lipinski definition) is 3. The second-order valence-corrected chi connectivity index (χ2v) is 7.01. The maximum atomic E-state index is 12.3. The van der Waals surface area contributed by atoms with Crippen LogP contribution >= 0.6 is 0 Å². The summed E-state index contributed by atoms with van der Waals surface area (Å²) in [7, 11) is -0.988. The molecule has 2 aromatic carbocycles. The number of hydrogen-bond acceptors (Lipinski definition) is 3. The maximum Gasteiger partial charge on any atom is 0.271 e. The van der Waals surface area contributed by atoms with Crippen LogP contribution in [-0.4, -0.2) is 27.3 Å². The highest BCUT2D eigenvalue weighted by atomic mass is 32.2. The van der Waals surface area contributed by atoms with E-state index in [-0.39, 0.29) is 0 Å². The molecule has 0 radical (unpaired) electrons. The van der Waals surface area contributed by atoms with Crippen molar-refractivity contribution in [2.45, 2.75) is 5.75 Å². The van der Waals surface area contributed by atoms with Crippen LogP contribution in [0.4, 0.5) is 0 Å². The van der Waals surface area contributed by atoms with Crippen molar-refractivity contribution in [3.8, 4) is 0 Å². The largest absolute Gasteiger partial charge is 0.360 e. The molecule has 0 aliphatic rings. The molecule has 25 heavy (non-hydrogen) atoms. The second kappa shape index (κ2) is 7.31. The molecule has 3 N–H and O–H groups in total. The van der Waals surface area contributed by atoms with Gasteiger partial charge in [-0.15, -0.1) is 0 Å². The van der Waals surface area contributed by atoms with Crippen LogP contribution in [0.1, 0.15) is 26.3 Å². The number of aromatic amines is 1. The van der Waals surface area contributed by atoms with E-state index in [9.17, 15) is 13.8 Å². The van der Waals surface area contributed by atoms with Gasteiger partial charge in [-0.25, -0.2) is 0 Å². The van der Waals surface area contributed by atoms with E-state index in [1.165, 1.54) is 0 Å². The third-order valence-corrected chi connectivity index (χ3v) is 4.42. The van der Waals surface area contributed by atoms with E-state index in [1.807, 2.05) is 30.3 Å². The summed E-state index contributed by atoms with van der Waals surface area (Å²) in [5, 5.41) is 0.779. The Labute approximate surface area is 147 Å². The number of aromatic nitrogens is 1. The van der Waals surface area contributed by atoms with Crippen molar-refractivity contribution in [2.75, 3.05) is 6.26 Å². The molecule has 0 bridgehead atoms. The highest BCUT2D eigenvalue weighted by Gasteiger charge is 2.13. The molecular formula is C18H17N3O3S. The van der Waals surface area contributed by atoms with Crippen LogP contribution in [0, 0.1) is 0 Å². The highest BCUT2D eigenvalue weighted by Crippen LogP contribution is 2.17. The Bertz CT molecular complexity index is 965. The zero-order valence-corrected chi connectivity index (χ0v) is 14.4. The SMILES string of the molecule is CS(=O)Cc1cccc(C(=O)NNC(=O)c2c[nH]c3ccccc23)c1. The van der Waals surface area contributed by atoms with E-state index in [2.05, 4.69) is 15.8 Å². The monoisotopic (exact) mass is 355 g/mol. The van der Waals surface area contributed by atoms with Gasteiger partial charge in [-0.1, -0.05) is 30.3 Å². The standard InChI is InChI=1S/C18H17N3O3S/c1-25(24)11-12-5-4-6-13(9-12)17(22)20-21-18(23)15-10-19-16-8-3-2-7-14(15)16/h2-10,19H,11H2,1H3,(H,20,22)(H,21,23). The van der Waals surface area contributed by atoms with E-state index in [1.54, 1.807) is 30.7 Å². The average molecular weight is 355 g/mol. The average Bonchev–Trinajstić information content (AvgIpc) is 3.03. The number of H-pyrrole nitrogens is 1. The molecule has 3 rings (SSSR count). The molecule has 128 valence electrons. The minimum atomic E-state index is -0.988. The van der Waals surface area contributed by atoms with Crippen LogP contribution in [0.15, 0.2) is 54.7 Å². The van der Waals surface area contributed by atoms with E-state index >= 15 is 0 Å². The van der Waals surface area contributed by atoms with Gasteiger partial charge in [0.25, 0.3) is 11.8 Å². The fourth-order valence-electron chi connectivity index (χ4n) is 2.55. The normalized spacial score (nSPS) is 11.9. The Morgan fingerprint density at radius 1 is 1.04 bits per heavy atom. The number of hydrazine groups is 1. The molecule has 3 aromatic rings. The summed E-state index contributed by atoms with van der Waals surface area (Å²) in [6.45, 7) is 0. The molecule has 1 heterocycles. The lowest BCUT2D eigenvalue weighted by molar-refractivity contribution is 0.0847. The van der Waals surface area contributed by atoms with Gasteiger partial charge in [-0.3, -0.25) is 24.6 Å². The van der Waals surface area contributed by atoms with Crippen LogP contribution in [0.25, 0.3) is 10.9 Å². The zero-order chi connectivity index (χ0) is 17.8. The Hall–Kier alpha value is -2.93. The molecule has 6 nitrogen and oxygen atoms in total. The summed E-state index contributed by atoms with van der Waals surface area (Å²) in [5.41, 5.74) is 7.31. The van der Waals surface area contributed by atoms with Gasteiger partial charge in [-0.2, -0.15) is 0 Å². The molecule has 0 aliphatic carbocycles. The lowest BCUT2D eigenvalue weighted by Gasteiger charge is -2.08. The molecule has 0 aliphatic heterocycles. The first-order valence-electron chi connectivity index (χ1n) is 7.60.